The second kappa shape index (κ2) is 9.91. The summed E-state index contributed by atoms with van der Waals surface area (Å²) in [4.78, 5) is 69.3. The fourth-order valence-electron chi connectivity index (χ4n) is 6.92. The molecule has 5 rings (SSSR count). The first-order valence-electron chi connectivity index (χ1n) is 14.0. The van der Waals surface area contributed by atoms with Gasteiger partial charge >= 0.3 is 0 Å². The standard InChI is InChI=1S/C32H35NO8/c1-13(2)10-18-11-17-7-8-19-12-21(35)33-32(19)25(17)30(40)22-23(28(38)16(5)29(39)24(22)31(32)41)26(36)14(3)6-9-20(34)15(4)27(18)37/h6-8,11,13,15,17,19-20,25,34,38-39H,9-10,12H2,1-5H3,(H,33,35)/t15-,17-,19+,20+,25-,32+/m0/s1. The maximum Gasteiger partial charge on any atom is 0.221 e. The van der Waals surface area contributed by atoms with Gasteiger partial charge in [0.25, 0.3) is 0 Å². The minimum absolute atomic E-state index is 0.0326. The van der Waals surface area contributed by atoms with E-state index in [0.29, 0.717) is 12.0 Å². The summed E-state index contributed by atoms with van der Waals surface area (Å²) in [6.45, 7) is 8.29. The van der Waals surface area contributed by atoms with Gasteiger partial charge in [-0.15, -0.1) is 0 Å². The Balaban J connectivity index is 1.89. The molecular weight excluding hydrogens is 526 g/mol. The average molecular weight is 562 g/mol. The molecule has 1 heterocycles. The van der Waals surface area contributed by atoms with Crippen molar-refractivity contribution in [2.24, 2.45) is 29.6 Å². The van der Waals surface area contributed by atoms with E-state index in [1.807, 2.05) is 13.8 Å². The molecule has 1 saturated heterocycles. The summed E-state index contributed by atoms with van der Waals surface area (Å²) >= 11 is 0. The van der Waals surface area contributed by atoms with Crippen LogP contribution in [-0.4, -0.2) is 56.0 Å². The summed E-state index contributed by atoms with van der Waals surface area (Å²) in [5.41, 5.74) is -2.57. The predicted octanol–water partition coefficient (Wildman–Crippen LogP) is 3.53. The molecule has 1 aromatic rings. The normalized spacial score (nSPS) is 31.5. The first-order chi connectivity index (χ1) is 19.2. The molecule has 0 saturated carbocycles. The zero-order chi connectivity index (χ0) is 30.1. The number of benzene rings is 1. The number of carbonyl (C=O) groups excluding carboxylic acids is 5. The molecule has 0 aromatic heterocycles. The minimum Gasteiger partial charge on any atom is -0.507 e. The van der Waals surface area contributed by atoms with Gasteiger partial charge in [-0.1, -0.05) is 45.1 Å². The van der Waals surface area contributed by atoms with Gasteiger partial charge in [-0.05, 0) is 43.8 Å². The van der Waals surface area contributed by atoms with Crippen molar-refractivity contribution in [1.82, 2.24) is 5.32 Å². The van der Waals surface area contributed by atoms with E-state index in [2.05, 4.69) is 5.32 Å². The highest BCUT2D eigenvalue weighted by molar-refractivity contribution is 6.28. The van der Waals surface area contributed by atoms with E-state index in [9.17, 15) is 39.3 Å². The van der Waals surface area contributed by atoms with Crippen molar-refractivity contribution in [3.63, 3.8) is 0 Å². The monoisotopic (exact) mass is 561 g/mol. The van der Waals surface area contributed by atoms with E-state index in [-0.39, 0.29) is 41.2 Å². The summed E-state index contributed by atoms with van der Waals surface area (Å²) in [5.74, 6) is -7.64. The molecule has 6 atom stereocenters. The van der Waals surface area contributed by atoms with E-state index in [1.165, 1.54) is 19.9 Å². The Morgan fingerprint density at radius 2 is 1.63 bits per heavy atom. The van der Waals surface area contributed by atoms with Crippen molar-refractivity contribution in [3.05, 3.63) is 57.7 Å². The quantitative estimate of drug-likeness (QED) is 0.399. The maximum absolute atomic E-state index is 14.6. The lowest BCUT2D eigenvalue weighted by Gasteiger charge is -2.47. The predicted molar refractivity (Wildman–Crippen MR) is 149 cm³/mol. The van der Waals surface area contributed by atoms with Crippen LogP contribution in [0.25, 0.3) is 0 Å². The fourth-order valence-corrected chi connectivity index (χ4v) is 6.92. The van der Waals surface area contributed by atoms with Crippen LogP contribution in [-0.2, 0) is 9.59 Å². The number of phenolic OH excluding ortho intramolecular Hbond substituents is 2. The van der Waals surface area contributed by atoms with Crippen LogP contribution in [0.5, 0.6) is 11.5 Å². The van der Waals surface area contributed by atoms with Crippen LogP contribution in [0.4, 0.5) is 0 Å². The molecule has 1 fully saturated rings. The molecule has 1 spiro atoms. The molecule has 0 unspecified atom stereocenters. The third kappa shape index (κ3) is 4.12. The van der Waals surface area contributed by atoms with Gasteiger partial charge in [0.2, 0.25) is 5.91 Å². The number of nitrogens with one attached hydrogen (secondary N) is 1. The second-order valence-corrected chi connectivity index (χ2v) is 12.3. The molecule has 4 N–H and O–H groups in total. The van der Waals surface area contributed by atoms with Crippen molar-refractivity contribution in [1.29, 1.82) is 0 Å². The maximum atomic E-state index is 14.6. The molecule has 1 amide bonds. The summed E-state index contributed by atoms with van der Waals surface area (Å²) in [6, 6.07) is 0. The molecule has 0 radical (unpaired) electrons. The third-order valence-corrected chi connectivity index (χ3v) is 9.17. The van der Waals surface area contributed by atoms with Crippen LogP contribution < -0.4 is 5.32 Å². The van der Waals surface area contributed by atoms with Crippen LogP contribution in [0.15, 0.2) is 35.5 Å². The topological polar surface area (TPSA) is 158 Å². The molecule has 1 aliphatic heterocycles. The van der Waals surface area contributed by atoms with Gasteiger partial charge in [0.05, 0.1) is 23.1 Å². The summed E-state index contributed by atoms with van der Waals surface area (Å²) in [5, 5.41) is 35.9. The molecule has 3 aliphatic carbocycles. The van der Waals surface area contributed by atoms with Gasteiger partial charge in [0.1, 0.15) is 17.0 Å². The minimum atomic E-state index is -1.74. The van der Waals surface area contributed by atoms with Crippen molar-refractivity contribution in [2.75, 3.05) is 0 Å². The Labute approximate surface area is 238 Å². The fraction of sp³-hybridized carbons (Fsp3) is 0.469. The first-order valence-corrected chi connectivity index (χ1v) is 14.0. The lowest BCUT2D eigenvalue weighted by Crippen LogP contribution is -2.65. The molecule has 2 bridgehead atoms. The van der Waals surface area contributed by atoms with Crippen LogP contribution in [0, 0.1) is 36.5 Å². The van der Waals surface area contributed by atoms with Crippen LogP contribution in [0.3, 0.4) is 0 Å². The number of rotatable bonds is 2. The summed E-state index contributed by atoms with van der Waals surface area (Å²) in [6.07, 6.45) is 5.67. The summed E-state index contributed by atoms with van der Waals surface area (Å²) in [7, 11) is 0. The Morgan fingerprint density at radius 3 is 2.29 bits per heavy atom. The van der Waals surface area contributed by atoms with E-state index in [1.54, 1.807) is 25.2 Å². The third-order valence-electron chi connectivity index (χ3n) is 9.17. The Hall–Kier alpha value is -3.85. The van der Waals surface area contributed by atoms with Crippen molar-refractivity contribution < 1.29 is 39.3 Å². The van der Waals surface area contributed by atoms with E-state index in [0.717, 1.165) is 0 Å². The number of aromatic hydroxyl groups is 2. The van der Waals surface area contributed by atoms with Crippen molar-refractivity contribution in [2.45, 2.75) is 65.5 Å². The number of phenols is 2. The number of aliphatic hydroxyl groups excluding tert-OH is 1. The number of carbonyl (C=O) groups is 5. The zero-order valence-corrected chi connectivity index (χ0v) is 23.8. The highest BCUT2D eigenvalue weighted by atomic mass is 16.3. The lowest BCUT2D eigenvalue weighted by atomic mass is 9.56. The highest BCUT2D eigenvalue weighted by Gasteiger charge is 2.65. The van der Waals surface area contributed by atoms with E-state index < -0.39 is 81.2 Å². The van der Waals surface area contributed by atoms with Crippen LogP contribution in [0.2, 0.25) is 0 Å². The smallest absolute Gasteiger partial charge is 0.221 e. The SMILES string of the molecule is CC1=CC[C@@H](O)[C@H](C)C(=O)C(CC(C)C)=C[C@@H]2C=C[C@@H]3CC(=O)N[C@]34C(=O)c3c(O)c(C)c(O)c(c3C(=O)[C@H]24)C1=O. The second-order valence-electron chi connectivity index (χ2n) is 12.3. The number of hydrogen-bond acceptors (Lipinski definition) is 8. The Kier molecular flexibility index (Phi) is 6.93. The van der Waals surface area contributed by atoms with Crippen LogP contribution in [0.1, 0.15) is 83.6 Å². The van der Waals surface area contributed by atoms with Crippen molar-refractivity contribution in [3.8, 4) is 11.5 Å². The Morgan fingerprint density at radius 1 is 0.976 bits per heavy atom. The van der Waals surface area contributed by atoms with Gasteiger partial charge in [-0.3, -0.25) is 24.0 Å². The molecular formula is C32H35NO8. The molecule has 216 valence electrons. The summed E-state index contributed by atoms with van der Waals surface area (Å²) < 4.78 is 0. The number of hydrogen-bond donors (Lipinski definition) is 4. The number of aliphatic hydroxyl groups is 1. The lowest BCUT2D eigenvalue weighted by molar-refractivity contribution is -0.122. The van der Waals surface area contributed by atoms with Crippen molar-refractivity contribution >= 4 is 29.0 Å². The van der Waals surface area contributed by atoms with Gasteiger partial charge in [0, 0.05) is 35.3 Å². The average Bonchev–Trinajstić information content (AvgIpc) is 3.27. The number of Topliss-reactive ketones (excluding diaryl/α,β-unsaturated/α-hetero) is 4. The molecule has 41 heavy (non-hydrogen) atoms. The van der Waals surface area contributed by atoms with Crippen LogP contribution >= 0.6 is 0 Å². The van der Waals surface area contributed by atoms with E-state index >= 15 is 0 Å². The molecule has 9 nitrogen and oxygen atoms in total. The van der Waals surface area contributed by atoms with Gasteiger partial charge in [-0.2, -0.15) is 0 Å². The molecule has 4 aliphatic rings. The van der Waals surface area contributed by atoms with Gasteiger partial charge in [-0.25, -0.2) is 0 Å². The largest absolute Gasteiger partial charge is 0.507 e. The number of ketones is 4. The van der Waals surface area contributed by atoms with Gasteiger partial charge in [0.15, 0.2) is 23.1 Å². The first kappa shape index (κ1) is 28.7. The van der Waals surface area contributed by atoms with E-state index in [4.69, 9.17) is 0 Å². The molecule has 9 heteroatoms. The van der Waals surface area contributed by atoms with Gasteiger partial charge < -0.3 is 20.6 Å². The number of allylic oxidation sites excluding steroid dienone is 4. The number of amides is 1. The zero-order valence-electron chi connectivity index (χ0n) is 23.8. The molecule has 1 aromatic carbocycles. The highest BCUT2D eigenvalue weighted by Crippen LogP contribution is 2.54. The Bertz CT molecular complexity index is 1510.